The minimum Gasteiger partial charge on any atom is -0.179 e. The monoisotopic (exact) mass is 559 g/mol. The van der Waals surface area contributed by atoms with Crippen LogP contribution in [0.1, 0.15) is 55.1 Å². The molecule has 6 rings (SSSR count). The second-order valence-corrected chi connectivity index (χ2v) is 16.8. The van der Waals surface area contributed by atoms with Crippen molar-refractivity contribution >= 4 is 36.9 Å². The molecule has 1 unspecified atom stereocenters. The van der Waals surface area contributed by atoms with E-state index in [1.165, 1.54) is 58.2 Å². The minimum atomic E-state index is -1.98. The first-order chi connectivity index (χ1) is 19.7. The van der Waals surface area contributed by atoms with Crippen LogP contribution in [0, 0.1) is 6.66 Å². The zero-order valence-corrected chi connectivity index (χ0v) is 25.2. The van der Waals surface area contributed by atoms with Gasteiger partial charge in [0.25, 0.3) is 0 Å². The van der Waals surface area contributed by atoms with E-state index < -0.39 is 15.5 Å². The molecule has 0 radical (unpaired) electrons. The number of fused-ring (bicyclic) bond motifs is 1. The zero-order chi connectivity index (χ0) is 27.4. The Labute approximate surface area is 242 Å². The quantitative estimate of drug-likeness (QED) is 0.128. The van der Waals surface area contributed by atoms with Crippen molar-refractivity contribution in [2.75, 3.05) is 6.54 Å². The number of hydrogen-bond acceptors (Lipinski definition) is 1. The van der Waals surface area contributed by atoms with E-state index in [2.05, 4.69) is 145 Å². The second-order valence-electron chi connectivity index (χ2n) is 10.9. The van der Waals surface area contributed by atoms with E-state index in [0.29, 0.717) is 11.3 Å². The van der Waals surface area contributed by atoms with Crippen molar-refractivity contribution in [2.24, 2.45) is 0 Å². The summed E-state index contributed by atoms with van der Waals surface area (Å²) in [5.41, 5.74) is 3.84. The molecule has 0 bridgehead atoms. The van der Waals surface area contributed by atoms with Crippen LogP contribution in [0.3, 0.4) is 0 Å². The second kappa shape index (κ2) is 12.4. The van der Waals surface area contributed by atoms with E-state index in [1.54, 1.807) is 0 Å². The molecular formula is C37H39NP2. The summed E-state index contributed by atoms with van der Waals surface area (Å²) in [6, 6.07) is 49.8. The van der Waals surface area contributed by atoms with E-state index in [1.807, 2.05) is 0 Å². The van der Waals surface area contributed by atoms with Gasteiger partial charge in [-0.3, -0.25) is 0 Å². The number of rotatable bonds is 9. The highest BCUT2D eigenvalue weighted by molar-refractivity contribution is 7.87. The van der Waals surface area contributed by atoms with E-state index in [-0.39, 0.29) is 0 Å². The molecule has 3 atom stereocenters. The Bertz CT molecular complexity index is 1470. The normalized spacial score (nSPS) is 19.2. The lowest BCUT2D eigenvalue weighted by atomic mass is 10.0. The Hall–Kier alpha value is -2.82. The van der Waals surface area contributed by atoms with Crippen molar-refractivity contribution in [3.63, 3.8) is 0 Å². The van der Waals surface area contributed by atoms with E-state index in [0.717, 1.165) is 6.54 Å². The Balaban J connectivity index is 1.61. The van der Waals surface area contributed by atoms with Gasteiger partial charge in [-0.05, 0) is 53.9 Å². The first-order valence-electron chi connectivity index (χ1n) is 14.7. The van der Waals surface area contributed by atoms with Crippen LogP contribution in [-0.4, -0.2) is 11.0 Å². The Morgan fingerprint density at radius 2 is 1.20 bits per heavy atom. The fraction of sp³-hybridized carbons (Fsp3) is 0.216. The third kappa shape index (κ3) is 5.17. The van der Waals surface area contributed by atoms with Crippen molar-refractivity contribution in [3.8, 4) is 0 Å². The first-order valence-corrected chi connectivity index (χ1v) is 18.0. The van der Waals surface area contributed by atoms with E-state index in [4.69, 9.17) is 6.66 Å². The molecule has 0 saturated carbocycles. The first kappa shape index (κ1) is 27.4. The summed E-state index contributed by atoms with van der Waals surface area (Å²) < 4.78 is 2.99. The van der Waals surface area contributed by atoms with Gasteiger partial charge in [0.2, 0.25) is 0 Å². The predicted octanol–water partition coefficient (Wildman–Crippen LogP) is 10.3. The highest BCUT2D eigenvalue weighted by Gasteiger charge is 2.55. The van der Waals surface area contributed by atoms with Crippen molar-refractivity contribution in [2.45, 2.75) is 43.9 Å². The Morgan fingerprint density at radius 3 is 1.80 bits per heavy atom. The minimum absolute atomic E-state index is 0.458. The molecule has 1 nitrogen and oxygen atoms in total. The van der Waals surface area contributed by atoms with Crippen molar-refractivity contribution < 1.29 is 0 Å². The van der Waals surface area contributed by atoms with Crippen LogP contribution in [0.2, 0.25) is 0 Å². The molecule has 40 heavy (non-hydrogen) atoms. The summed E-state index contributed by atoms with van der Waals surface area (Å²) in [6.45, 7) is 8.84. The van der Waals surface area contributed by atoms with Gasteiger partial charge in [-0.25, -0.2) is 0 Å². The molecule has 1 heterocycles. The van der Waals surface area contributed by atoms with Gasteiger partial charge in [-0.15, -0.1) is 0 Å². The number of benzene rings is 5. The summed E-state index contributed by atoms with van der Waals surface area (Å²) in [5.74, 6) is 0. The van der Waals surface area contributed by atoms with E-state index in [9.17, 15) is 0 Å². The molecule has 0 spiro atoms. The fourth-order valence-corrected chi connectivity index (χ4v) is 15.7. The maximum absolute atomic E-state index is 5.44. The van der Waals surface area contributed by atoms with Crippen molar-refractivity contribution in [3.05, 3.63) is 151 Å². The molecule has 0 aromatic heterocycles. The summed E-state index contributed by atoms with van der Waals surface area (Å²) in [6.07, 6.45) is 4.74. The average Bonchev–Trinajstić information content (AvgIpc) is 3.38. The molecule has 1 fully saturated rings. The maximum Gasteiger partial charge on any atom is 0.0845 e. The Morgan fingerprint density at radius 1 is 0.675 bits per heavy atom. The van der Waals surface area contributed by atoms with E-state index >= 15 is 0 Å². The third-order valence-corrected chi connectivity index (χ3v) is 16.7. The summed E-state index contributed by atoms with van der Waals surface area (Å²) in [7, 11) is -2.78. The van der Waals surface area contributed by atoms with Crippen molar-refractivity contribution in [1.82, 2.24) is 4.44 Å². The molecular weight excluding hydrogens is 520 g/mol. The number of hydrogen-bond donors (Lipinski definition) is 0. The fourth-order valence-electron chi connectivity index (χ4n) is 6.61. The Kier molecular flexibility index (Phi) is 8.46. The summed E-state index contributed by atoms with van der Waals surface area (Å²) in [4.78, 5) is 0. The molecule has 0 N–H and O–H groups in total. The maximum atomic E-state index is 5.44. The molecule has 0 aliphatic carbocycles. The van der Waals surface area contributed by atoms with Gasteiger partial charge in [0.1, 0.15) is 0 Å². The molecule has 1 aliphatic heterocycles. The van der Waals surface area contributed by atoms with Gasteiger partial charge in [0, 0.05) is 11.8 Å². The van der Waals surface area contributed by atoms with Crippen LogP contribution in [0.15, 0.2) is 133 Å². The number of nitrogens with zero attached hydrogens (tertiary/aromatic N) is 1. The third-order valence-electron chi connectivity index (χ3n) is 8.53. The van der Waals surface area contributed by atoms with Crippen LogP contribution >= 0.6 is 15.5 Å². The van der Waals surface area contributed by atoms with Gasteiger partial charge >= 0.3 is 0 Å². The topological polar surface area (TPSA) is 3.24 Å². The molecule has 5 aromatic rings. The lowest BCUT2D eigenvalue weighted by molar-refractivity contribution is 0.625. The lowest BCUT2D eigenvalue weighted by Gasteiger charge is -2.49. The molecule has 202 valence electrons. The zero-order valence-electron chi connectivity index (χ0n) is 23.4. The highest BCUT2D eigenvalue weighted by atomic mass is 31.2. The largest absolute Gasteiger partial charge is 0.179 e. The van der Waals surface area contributed by atoms with Gasteiger partial charge in [0.15, 0.2) is 0 Å². The molecule has 5 aromatic carbocycles. The van der Waals surface area contributed by atoms with Gasteiger partial charge in [0.05, 0.1) is 19.4 Å². The predicted molar refractivity (Wildman–Crippen MR) is 178 cm³/mol. The lowest BCUT2D eigenvalue weighted by Crippen LogP contribution is -2.31. The van der Waals surface area contributed by atoms with Crippen LogP contribution < -0.4 is 10.6 Å². The van der Waals surface area contributed by atoms with Gasteiger partial charge in [-0.1, -0.05) is 147 Å². The molecule has 1 aliphatic rings. The van der Waals surface area contributed by atoms with Gasteiger partial charge < -0.3 is 0 Å². The average molecular weight is 560 g/mol. The smallest absolute Gasteiger partial charge is 0.0845 e. The van der Waals surface area contributed by atoms with Gasteiger partial charge in [-0.2, -0.15) is 11.1 Å². The van der Waals surface area contributed by atoms with Crippen LogP contribution in [0.5, 0.6) is 0 Å². The van der Waals surface area contributed by atoms with Crippen molar-refractivity contribution in [1.29, 1.82) is 0 Å². The SMILES string of the molecule is [CH2-][P+]1(N(CCCC)P(c2ccccc2)c2cccc3ccccc23)[C@H](c2ccccc2)CC[C@H]1c1ccccc1. The standard InChI is InChI=1S/C37H39NP2/c1-3-4-29-38(39(33-23-12-7-13-24-33)35-26-16-22-30-17-14-15-25-34(30)35)40(2)36(31-18-8-5-9-19-31)27-28-37(40)32-20-10-6-11-21-32/h5-26,36-37H,2-4,27-29H2,1H3/t36-,37-,39?/m0/s1. The van der Waals surface area contributed by atoms with Crippen LogP contribution in [-0.2, 0) is 0 Å². The molecule has 3 heteroatoms. The highest BCUT2D eigenvalue weighted by Crippen LogP contribution is 2.88. The summed E-state index contributed by atoms with van der Waals surface area (Å²) >= 11 is 0. The number of unbranched alkanes of at least 4 members (excludes halogenated alkanes) is 1. The molecule has 0 amide bonds. The molecule has 1 saturated heterocycles. The van der Waals surface area contributed by atoms with Crippen LogP contribution in [0.4, 0.5) is 0 Å². The van der Waals surface area contributed by atoms with Crippen LogP contribution in [0.25, 0.3) is 10.8 Å². The summed E-state index contributed by atoms with van der Waals surface area (Å²) in [5, 5.41) is 5.59.